The molecule has 10 N–H and O–H groups in total. The minimum atomic E-state index is -1.79. The molecule has 288 valence electrons. The number of ether oxygens (including phenoxy) is 6. The largest absolute Gasteiger partial charge is 0.481 e. The number of carbonyl (C=O) groups is 1. The van der Waals surface area contributed by atoms with Crippen LogP contribution in [-0.2, 0) is 33.2 Å². The Hall–Kier alpha value is -1.13. The van der Waals surface area contributed by atoms with Crippen LogP contribution < -0.4 is 0 Å². The zero-order valence-electron chi connectivity index (χ0n) is 28.4. The van der Waals surface area contributed by atoms with Crippen LogP contribution in [0.3, 0.4) is 0 Å². The molecule has 0 saturated carbocycles. The van der Waals surface area contributed by atoms with Gasteiger partial charge in [-0.1, -0.05) is 45.4 Å². The molecule has 3 saturated heterocycles. The predicted molar refractivity (Wildman–Crippen MR) is 167 cm³/mol. The summed E-state index contributed by atoms with van der Waals surface area (Å²) in [4.78, 5) is 10.7. The van der Waals surface area contributed by atoms with Crippen LogP contribution in [0.15, 0.2) is 0 Å². The smallest absolute Gasteiger partial charge is 0.305 e. The molecule has 0 bridgehead atoms. The summed E-state index contributed by atoms with van der Waals surface area (Å²) in [5, 5.41) is 103. The summed E-state index contributed by atoms with van der Waals surface area (Å²) in [6, 6.07) is 0. The van der Waals surface area contributed by atoms with E-state index in [9.17, 15) is 50.8 Å². The van der Waals surface area contributed by atoms with Crippen molar-refractivity contribution in [2.45, 2.75) is 189 Å². The van der Waals surface area contributed by atoms with Gasteiger partial charge in [0.05, 0.1) is 37.4 Å². The first-order chi connectivity index (χ1) is 23.2. The minimum Gasteiger partial charge on any atom is -0.481 e. The number of aliphatic carboxylic acids is 1. The molecule has 17 atom stereocenters. The highest BCUT2D eigenvalue weighted by atomic mass is 16.8. The van der Waals surface area contributed by atoms with E-state index < -0.39 is 111 Å². The van der Waals surface area contributed by atoms with Crippen molar-refractivity contribution < 1.29 is 84.3 Å². The highest BCUT2D eigenvalue weighted by Gasteiger charge is 2.53. The zero-order valence-corrected chi connectivity index (χ0v) is 28.4. The molecule has 0 radical (unpaired) electrons. The zero-order chi connectivity index (χ0) is 36.4. The lowest BCUT2D eigenvalue weighted by molar-refractivity contribution is -0.393. The Labute approximate surface area is 286 Å². The molecule has 17 nitrogen and oxygen atoms in total. The Balaban J connectivity index is 1.69. The molecular weight excluding hydrogens is 656 g/mol. The molecule has 0 amide bonds. The second-order valence-corrected chi connectivity index (χ2v) is 13.4. The van der Waals surface area contributed by atoms with Crippen molar-refractivity contribution in [2.75, 3.05) is 6.61 Å². The topological polar surface area (TPSA) is 275 Å². The first kappa shape index (κ1) is 42.3. The van der Waals surface area contributed by atoms with Gasteiger partial charge in [0.25, 0.3) is 0 Å². The van der Waals surface area contributed by atoms with Crippen LogP contribution in [0.1, 0.15) is 85.0 Å². The number of aliphatic hydroxyl groups is 9. The highest BCUT2D eigenvalue weighted by molar-refractivity contribution is 5.67. The van der Waals surface area contributed by atoms with E-state index in [0.29, 0.717) is 25.7 Å². The third-order valence-electron chi connectivity index (χ3n) is 9.41. The maximum Gasteiger partial charge on any atom is 0.305 e. The van der Waals surface area contributed by atoms with Crippen molar-refractivity contribution in [1.82, 2.24) is 0 Å². The van der Waals surface area contributed by atoms with Crippen LogP contribution in [0.4, 0.5) is 0 Å². The predicted octanol–water partition coefficient (Wildman–Crippen LogP) is -1.76. The van der Waals surface area contributed by atoms with Crippen LogP contribution in [-0.4, -0.2) is 168 Å². The van der Waals surface area contributed by atoms with Gasteiger partial charge in [0.15, 0.2) is 18.9 Å². The van der Waals surface area contributed by atoms with Crippen LogP contribution in [0.5, 0.6) is 0 Å². The van der Waals surface area contributed by atoms with Gasteiger partial charge >= 0.3 is 5.97 Å². The van der Waals surface area contributed by atoms with Crippen molar-refractivity contribution in [1.29, 1.82) is 0 Å². The molecule has 17 unspecified atom stereocenters. The lowest BCUT2D eigenvalue weighted by atomic mass is 9.96. The summed E-state index contributed by atoms with van der Waals surface area (Å²) in [7, 11) is 0. The Bertz CT molecular complexity index is 961. The quantitative estimate of drug-likeness (QED) is 0.0664. The Morgan fingerprint density at radius 1 is 0.653 bits per heavy atom. The van der Waals surface area contributed by atoms with E-state index in [1.54, 1.807) is 6.92 Å². The number of hydrogen-bond acceptors (Lipinski definition) is 16. The number of hydrogen-bond donors (Lipinski definition) is 10. The first-order valence-electron chi connectivity index (χ1n) is 17.4. The van der Waals surface area contributed by atoms with E-state index >= 15 is 0 Å². The van der Waals surface area contributed by atoms with Crippen molar-refractivity contribution >= 4 is 5.97 Å². The van der Waals surface area contributed by atoms with Gasteiger partial charge in [-0.25, -0.2) is 0 Å². The number of unbranched alkanes of at least 4 members (excludes halogenated alkanes) is 4. The van der Waals surface area contributed by atoms with Gasteiger partial charge in [-0.2, -0.15) is 0 Å². The molecule has 49 heavy (non-hydrogen) atoms. The molecule has 17 heteroatoms. The maximum absolute atomic E-state index is 11.2. The summed E-state index contributed by atoms with van der Waals surface area (Å²) >= 11 is 0. The number of carboxylic acid groups (broad SMARTS) is 1. The van der Waals surface area contributed by atoms with Gasteiger partial charge in [-0.15, -0.1) is 0 Å². The fourth-order valence-corrected chi connectivity index (χ4v) is 6.38. The van der Waals surface area contributed by atoms with E-state index in [-0.39, 0.29) is 12.5 Å². The van der Waals surface area contributed by atoms with E-state index in [1.165, 1.54) is 6.92 Å². The average molecular weight is 715 g/mol. The highest BCUT2D eigenvalue weighted by Crippen LogP contribution is 2.34. The standard InChI is InChI=1S/C32H58O17/c1-4-10-18(12-9-7-5-6-8-11-17(34)13-20(35)36)46-31-28(25(41)22(38)16(3)45-31)49-32-29(26(42)23(39)19(14-33)47-32)48-30-27(43)24(40)21(37)15(2)44-30/h15-19,21-34,37-43H,4-14H2,1-3H3,(H,35,36). The summed E-state index contributed by atoms with van der Waals surface area (Å²) in [6.07, 6.45) is -17.1. The molecule has 3 heterocycles. The molecule has 3 rings (SSSR count). The van der Waals surface area contributed by atoms with Crippen molar-refractivity contribution in [3.8, 4) is 0 Å². The van der Waals surface area contributed by atoms with Crippen LogP contribution in [0.25, 0.3) is 0 Å². The Morgan fingerprint density at radius 3 is 1.80 bits per heavy atom. The fourth-order valence-electron chi connectivity index (χ4n) is 6.38. The minimum absolute atomic E-state index is 0.272. The molecule has 0 aliphatic carbocycles. The molecule has 0 aromatic carbocycles. The van der Waals surface area contributed by atoms with Crippen molar-refractivity contribution in [3.05, 3.63) is 0 Å². The first-order valence-corrected chi connectivity index (χ1v) is 17.4. The van der Waals surface area contributed by atoms with Crippen molar-refractivity contribution in [3.63, 3.8) is 0 Å². The van der Waals surface area contributed by atoms with Crippen molar-refractivity contribution in [2.24, 2.45) is 0 Å². The fraction of sp³-hybridized carbons (Fsp3) is 0.969. The van der Waals surface area contributed by atoms with E-state index in [4.69, 9.17) is 33.5 Å². The van der Waals surface area contributed by atoms with E-state index in [1.807, 2.05) is 6.92 Å². The number of rotatable bonds is 19. The maximum atomic E-state index is 11.2. The van der Waals surface area contributed by atoms with E-state index in [0.717, 1.165) is 32.1 Å². The van der Waals surface area contributed by atoms with Gasteiger partial charge in [-0.05, 0) is 33.1 Å². The number of aliphatic hydroxyl groups excluding tert-OH is 9. The molecule has 3 fully saturated rings. The summed E-state index contributed by atoms with van der Waals surface area (Å²) < 4.78 is 35.4. The summed E-state index contributed by atoms with van der Waals surface area (Å²) in [5.74, 6) is -1.03. The van der Waals surface area contributed by atoms with Gasteiger partial charge in [-0.3, -0.25) is 4.79 Å². The summed E-state index contributed by atoms with van der Waals surface area (Å²) in [5.41, 5.74) is 0. The summed E-state index contributed by atoms with van der Waals surface area (Å²) in [6.45, 7) is 4.22. The third kappa shape index (κ3) is 11.7. The van der Waals surface area contributed by atoms with Crippen LogP contribution in [0, 0.1) is 0 Å². The van der Waals surface area contributed by atoms with Crippen LogP contribution in [0.2, 0.25) is 0 Å². The molecule has 3 aliphatic rings. The normalized spacial score (nSPS) is 41.3. The second kappa shape index (κ2) is 20.2. The Kier molecular flexibility index (Phi) is 17.4. The molecular formula is C32H58O17. The van der Waals surface area contributed by atoms with Gasteiger partial charge in [0, 0.05) is 0 Å². The lowest BCUT2D eigenvalue weighted by Gasteiger charge is -2.48. The second-order valence-electron chi connectivity index (χ2n) is 13.4. The molecule has 0 spiro atoms. The number of carboxylic acids is 1. The third-order valence-corrected chi connectivity index (χ3v) is 9.41. The average Bonchev–Trinajstić information content (AvgIpc) is 3.05. The van der Waals surface area contributed by atoms with Crippen LogP contribution >= 0.6 is 0 Å². The Morgan fingerprint density at radius 2 is 1.18 bits per heavy atom. The van der Waals surface area contributed by atoms with Gasteiger partial charge in [0.2, 0.25) is 0 Å². The molecule has 0 aromatic rings. The molecule has 0 aromatic heterocycles. The SMILES string of the molecule is CCCC(CCCCCCCC(O)CC(=O)O)OC1OC(C)C(O)C(O)C1OC1OC(CO)C(O)C(O)C1OC1OC(C)C(O)C(O)C1O. The lowest BCUT2D eigenvalue weighted by Crippen LogP contribution is -2.66. The van der Waals surface area contributed by atoms with E-state index in [2.05, 4.69) is 0 Å². The monoisotopic (exact) mass is 714 g/mol. The van der Waals surface area contributed by atoms with Gasteiger partial charge in [0.1, 0.15) is 61.0 Å². The van der Waals surface area contributed by atoms with Gasteiger partial charge < -0.3 is 79.5 Å². The molecule has 3 aliphatic heterocycles.